The smallest absolute Gasteiger partial charge is 0.413 e. The maximum atomic E-state index is 11.1. The Bertz CT molecular complexity index is 686. The molecule has 1 unspecified atom stereocenters. The fourth-order valence-corrected chi connectivity index (χ4v) is 4.29. The Labute approximate surface area is 148 Å². The standard InChI is InChI=1S/C16H18N2O6S/c1-18(16(20)21)15-17-10-11(19)12-9(23-14(10)25-15)7-22-13(24-12)8-5-3-2-4-6-8/h2-6,9-14,19H,7H2,1H3,(H,20,21)/t9-,10-,11-,12-,13?,14-/m1/s1. The number of amidine groups is 1. The number of carboxylic acid groups (broad SMARTS) is 1. The molecule has 0 spiro atoms. The molecule has 3 heterocycles. The molecule has 9 heteroatoms. The summed E-state index contributed by atoms with van der Waals surface area (Å²) in [6, 6.07) is 8.91. The molecule has 2 fully saturated rings. The summed E-state index contributed by atoms with van der Waals surface area (Å²) in [7, 11) is 1.41. The SMILES string of the molecule is CN(C(=O)O)C1=N[C@@H]2[C@@H](O)[C@@H]3OC(c4ccccc4)OC[C@H]3O[C@@H]2S1. The zero-order valence-electron chi connectivity index (χ0n) is 13.4. The molecule has 0 saturated carbocycles. The minimum Gasteiger partial charge on any atom is -0.465 e. The lowest BCUT2D eigenvalue weighted by Crippen LogP contribution is -2.59. The van der Waals surface area contributed by atoms with Crippen LogP contribution in [0.3, 0.4) is 0 Å². The van der Waals surface area contributed by atoms with Crippen LogP contribution in [-0.4, -0.2) is 69.8 Å². The molecule has 2 saturated heterocycles. The highest BCUT2D eigenvalue weighted by Gasteiger charge is 2.52. The zero-order valence-corrected chi connectivity index (χ0v) is 14.2. The Morgan fingerprint density at radius 2 is 2.08 bits per heavy atom. The minimum absolute atomic E-state index is 0.287. The van der Waals surface area contributed by atoms with Crippen molar-refractivity contribution in [3.05, 3.63) is 35.9 Å². The minimum atomic E-state index is -1.11. The normalized spacial score (nSPS) is 37.0. The monoisotopic (exact) mass is 366 g/mol. The molecular formula is C16H18N2O6S. The average Bonchev–Trinajstić information content (AvgIpc) is 3.06. The number of amides is 1. The number of carbonyl (C=O) groups is 1. The van der Waals surface area contributed by atoms with Crippen LogP contribution in [0.2, 0.25) is 0 Å². The van der Waals surface area contributed by atoms with Gasteiger partial charge in [-0.2, -0.15) is 0 Å². The van der Waals surface area contributed by atoms with Crippen LogP contribution < -0.4 is 0 Å². The first-order chi connectivity index (χ1) is 12.0. The van der Waals surface area contributed by atoms with E-state index in [1.54, 1.807) is 0 Å². The van der Waals surface area contributed by atoms with E-state index in [2.05, 4.69) is 4.99 Å². The highest BCUT2D eigenvalue weighted by Crippen LogP contribution is 2.41. The van der Waals surface area contributed by atoms with E-state index in [1.807, 2.05) is 30.3 Å². The number of thioether (sulfide) groups is 1. The molecule has 4 rings (SSSR count). The molecule has 1 aromatic rings. The summed E-state index contributed by atoms with van der Waals surface area (Å²) in [5.41, 5.74) is 0.416. The van der Waals surface area contributed by atoms with Crippen molar-refractivity contribution >= 4 is 23.0 Å². The van der Waals surface area contributed by atoms with Crippen molar-refractivity contribution in [2.24, 2.45) is 4.99 Å². The van der Waals surface area contributed by atoms with Gasteiger partial charge in [-0.3, -0.25) is 9.89 Å². The zero-order chi connectivity index (χ0) is 17.6. The van der Waals surface area contributed by atoms with Gasteiger partial charge in [0.25, 0.3) is 0 Å². The van der Waals surface area contributed by atoms with Crippen LogP contribution in [0.5, 0.6) is 0 Å². The molecular weight excluding hydrogens is 348 g/mol. The summed E-state index contributed by atoms with van der Waals surface area (Å²) in [4.78, 5) is 16.5. The quantitative estimate of drug-likeness (QED) is 0.772. The van der Waals surface area contributed by atoms with E-state index in [4.69, 9.17) is 19.3 Å². The molecule has 8 nitrogen and oxygen atoms in total. The largest absolute Gasteiger partial charge is 0.465 e. The van der Waals surface area contributed by atoms with Gasteiger partial charge in [0.1, 0.15) is 29.8 Å². The summed E-state index contributed by atoms with van der Waals surface area (Å²) in [5, 5.41) is 20.1. The molecule has 0 radical (unpaired) electrons. The maximum Gasteiger partial charge on any atom is 0.413 e. The number of fused-ring (bicyclic) bond motifs is 2. The molecule has 3 aliphatic heterocycles. The summed E-state index contributed by atoms with van der Waals surface area (Å²) in [6.45, 7) is 0.287. The van der Waals surface area contributed by atoms with Crippen molar-refractivity contribution in [2.45, 2.75) is 36.1 Å². The Morgan fingerprint density at radius 3 is 2.80 bits per heavy atom. The number of benzene rings is 1. The summed E-state index contributed by atoms with van der Waals surface area (Å²) in [6.07, 6.45) is -3.59. The lowest BCUT2D eigenvalue weighted by Gasteiger charge is -2.45. The molecule has 134 valence electrons. The second-order valence-electron chi connectivity index (χ2n) is 6.07. The Kier molecular flexibility index (Phi) is 4.42. The van der Waals surface area contributed by atoms with Crippen LogP contribution >= 0.6 is 11.8 Å². The number of ether oxygens (including phenoxy) is 3. The van der Waals surface area contributed by atoms with E-state index in [0.29, 0.717) is 5.17 Å². The Hall–Kier alpha value is -1.65. The number of aliphatic hydroxyl groups is 1. The van der Waals surface area contributed by atoms with Crippen molar-refractivity contribution in [1.82, 2.24) is 4.90 Å². The predicted molar refractivity (Wildman–Crippen MR) is 89.3 cm³/mol. The Morgan fingerprint density at radius 1 is 1.32 bits per heavy atom. The van der Waals surface area contributed by atoms with Crippen LogP contribution in [0.1, 0.15) is 11.9 Å². The average molecular weight is 366 g/mol. The number of hydrogen-bond acceptors (Lipinski definition) is 7. The predicted octanol–water partition coefficient (Wildman–Crippen LogP) is 1.27. The van der Waals surface area contributed by atoms with Crippen LogP contribution in [0.4, 0.5) is 4.79 Å². The number of hydrogen-bond donors (Lipinski definition) is 2. The van der Waals surface area contributed by atoms with Crippen molar-refractivity contribution in [1.29, 1.82) is 0 Å². The van der Waals surface area contributed by atoms with Crippen molar-refractivity contribution in [3.8, 4) is 0 Å². The molecule has 2 N–H and O–H groups in total. The van der Waals surface area contributed by atoms with E-state index in [1.165, 1.54) is 18.8 Å². The topological polar surface area (TPSA) is 101 Å². The highest BCUT2D eigenvalue weighted by atomic mass is 32.2. The van der Waals surface area contributed by atoms with E-state index < -0.39 is 42.2 Å². The van der Waals surface area contributed by atoms with Gasteiger partial charge in [0.2, 0.25) is 0 Å². The van der Waals surface area contributed by atoms with Gasteiger partial charge in [-0.1, -0.05) is 42.1 Å². The summed E-state index contributed by atoms with van der Waals surface area (Å²) >= 11 is 1.19. The van der Waals surface area contributed by atoms with E-state index in [9.17, 15) is 9.90 Å². The first-order valence-electron chi connectivity index (χ1n) is 7.91. The van der Waals surface area contributed by atoms with Gasteiger partial charge < -0.3 is 24.4 Å². The fourth-order valence-electron chi connectivity index (χ4n) is 3.10. The van der Waals surface area contributed by atoms with Gasteiger partial charge in [0.15, 0.2) is 11.5 Å². The first kappa shape index (κ1) is 16.8. The van der Waals surface area contributed by atoms with E-state index in [0.717, 1.165) is 10.5 Å². The van der Waals surface area contributed by atoms with Crippen LogP contribution in [0.15, 0.2) is 35.3 Å². The first-order valence-corrected chi connectivity index (χ1v) is 8.79. The number of aliphatic imine (C=N–C) groups is 1. The molecule has 3 aliphatic rings. The summed E-state index contributed by atoms with van der Waals surface area (Å²) < 4.78 is 17.6. The molecule has 0 aromatic heterocycles. The third-order valence-electron chi connectivity index (χ3n) is 4.46. The lowest BCUT2D eigenvalue weighted by atomic mass is 9.97. The van der Waals surface area contributed by atoms with Crippen molar-refractivity contribution < 1.29 is 29.2 Å². The van der Waals surface area contributed by atoms with Gasteiger partial charge in [0, 0.05) is 12.6 Å². The third kappa shape index (κ3) is 3.02. The third-order valence-corrected chi connectivity index (χ3v) is 5.67. The van der Waals surface area contributed by atoms with Crippen LogP contribution in [0, 0.1) is 0 Å². The molecule has 6 atom stereocenters. The fraction of sp³-hybridized carbons (Fsp3) is 0.500. The van der Waals surface area contributed by atoms with Gasteiger partial charge in [-0.25, -0.2) is 4.79 Å². The molecule has 1 aromatic carbocycles. The maximum absolute atomic E-state index is 11.1. The number of rotatable bonds is 1. The van der Waals surface area contributed by atoms with Crippen molar-refractivity contribution in [2.75, 3.05) is 13.7 Å². The summed E-state index contributed by atoms with van der Waals surface area (Å²) in [5.74, 6) is 0. The van der Waals surface area contributed by atoms with Crippen molar-refractivity contribution in [3.63, 3.8) is 0 Å². The van der Waals surface area contributed by atoms with Gasteiger partial charge >= 0.3 is 6.09 Å². The highest BCUT2D eigenvalue weighted by molar-refractivity contribution is 8.14. The van der Waals surface area contributed by atoms with Crippen LogP contribution in [-0.2, 0) is 14.2 Å². The Balaban J connectivity index is 1.51. The van der Waals surface area contributed by atoms with Crippen LogP contribution in [0.25, 0.3) is 0 Å². The number of nitrogens with zero attached hydrogens (tertiary/aromatic N) is 2. The van der Waals surface area contributed by atoms with Gasteiger partial charge in [0.05, 0.1) is 6.61 Å². The molecule has 0 aliphatic carbocycles. The second kappa shape index (κ2) is 6.58. The van der Waals surface area contributed by atoms with E-state index >= 15 is 0 Å². The van der Waals surface area contributed by atoms with E-state index in [-0.39, 0.29) is 6.61 Å². The van der Waals surface area contributed by atoms with Gasteiger partial charge in [-0.05, 0) is 0 Å². The van der Waals surface area contributed by atoms with Gasteiger partial charge in [-0.15, -0.1) is 0 Å². The second-order valence-corrected chi connectivity index (χ2v) is 7.14. The molecule has 0 bridgehead atoms. The molecule has 1 amide bonds. The number of aliphatic hydroxyl groups excluding tert-OH is 1. The lowest BCUT2D eigenvalue weighted by molar-refractivity contribution is -0.304. The molecule has 25 heavy (non-hydrogen) atoms.